The zero-order valence-electron chi connectivity index (χ0n) is 17.6. The molecular weight excluding hydrogens is 451 g/mol. The molecule has 2 aromatic carbocycles. The summed E-state index contributed by atoms with van der Waals surface area (Å²) in [5, 5.41) is 2.60. The van der Waals surface area contributed by atoms with E-state index in [1.165, 1.54) is 30.3 Å². The lowest BCUT2D eigenvalue weighted by atomic mass is 10.0. The number of carbonyl (C=O) groups is 1. The van der Waals surface area contributed by atoms with E-state index in [1.54, 1.807) is 20.8 Å². The molecule has 176 valence electrons. The summed E-state index contributed by atoms with van der Waals surface area (Å²) < 4.78 is 74.4. The van der Waals surface area contributed by atoms with Gasteiger partial charge in [-0.15, -0.1) is 13.2 Å². The zero-order chi connectivity index (χ0) is 24.1. The van der Waals surface area contributed by atoms with Crippen LogP contribution in [0.25, 0.3) is 0 Å². The first-order valence-electron chi connectivity index (χ1n) is 9.54. The van der Waals surface area contributed by atoms with Gasteiger partial charge >= 0.3 is 6.36 Å². The van der Waals surface area contributed by atoms with Crippen molar-refractivity contribution in [2.45, 2.75) is 38.1 Å². The second-order valence-corrected chi connectivity index (χ2v) is 8.69. The summed E-state index contributed by atoms with van der Waals surface area (Å²) in [7, 11) is -4.25. The first kappa shape index (κ1) is 25.3. The highest BCUT2D eigenvalue weighted by molar-refractivity contribution is 7.92. The van der Waals surface area contributed by atoms with Crippen LogP contribution in [-0.2, 0) is 14.8 Å². The third-order valence-corrected chi connectivity index (χ3v) is 5.56. The second kappa shape index (κ2) is 10.1. The average molecular weight is 475 g/mol. The minimum absolute atomic E-state index is 0.0568. The van der Waals surface area contributed by atoms with Gasteiger partial charge in [0.2, 0.25) is 5.91 Å². The fraction of sp³-hybridized carbons (Fsp3) is 0.350. The number of ether oxygens (including phenoxy) is 2. The molecule has 32 heavy (non-hydrogen) atoms. The summed E-state index contributed by atoms with van der Waals surface area (Å²) in [6.07, 6.45) is -4.92. The molecule has 12 heteroatoms. The lowest BCUT2D eigenvalue weighted by molar-refractivity contribution is -0.274. The SMILES string of the molecule is CCOc1cc(NC(=O)[C@@H](N)C(C)C)ccc1S(=O)(=O)Nc1cccc(OC(F)(F)F)c1. The molecule has 4 N–H and O–H groups in total. The van der Waals surface area contributed by atoms with E-state index in [2.05, 4.69) is 14.8 Å². The highest BCUT2D eigenvalue weighted by atomic mass is 32.2. The number of alkyl halides is 3. The van der Waals surface area contributed by atoms with Gasteiger partial charge in [0.15, 0.2) is 0 Å². The maximum Gasteiger partial charge on any atom is 0.573 e. The van der Waals surface area contributed by atoms with Crippen molar-refractivity contribution in [3.05, 3.63) is 42.5 Å². The molecule has 0 spiro atoms. The number of halogens is 3. The van der Waals surface area contributed by atoms with E-state index in [0.717, 1.165) is 12.1 Å². The molecule has 1 atom stereocenters. The Kier molecular flexibility index (Phi) is 7.97. The van der Waals surface area contributed by atoms with Crippen molar-refractivity contribution in [2.24, 2.45) is 11.7 Å². The third-order valence-electron chi connectivity index (χ3n) is 4.14. The van der Waals surface area contributed by atoms with Crippen LogP contribution in [-0.4, -0.2) is 33.3 Å². The van der Waals surface area contributed by atoms with Crippen molar-refractivity contribution in [3.63, 3.8) is 0 Å². The number of sulfonamides is 1. The average Bonchev–Trinajstić information content (AvgIpc) is 2.66. The summed E-state index contributed by atoms with van der Waals surface area (Å²) in [5.74, 6) is -1.19. The van der Waals surface area contributed by atoms with Crippen LogP contribution in [0.2, 0.25) is 0 Å². The van der Waals surface area contributed by atoms with E-state index in [4.69, 9.17) is 10.5 Å². The summed E-state index contributed by atoms with van der Waals surface area (Å²) in [5.41, 5.74) is 5.94. The molecule has 0 fully saturated rings. The minimum atomic E-state index is -4.92. The van der Waals surface area contributed by atoms with Gasteiger partial charge in [0.1, 0.15) is 16.4 Å². The highest BCUT2D eigenvalue weighted by Crippen LogP contribution is 2.31. The van der Waals surface area contributed by atoms with Crippen LogP contribution in [0.3, 0.4) is 0 Å². The van der Waals surface area contributed by atoms with Crippen LogP contribution in [0.4, 0.5) is 24.5 Å². The van der Waals surface area contributed by atoms with E-state index in [0.29, 0.717) is 0 Å². The maximum atomic E-state index is 12.9. The molecule has 0 aliphatic rings. The molecule has 2 rings (SSSR count). The third kappa shape index (κ3) is 7.02. The van der Waals surface area contributed by atoms with Gasteiger partial charge in [0, 0.05) is 17.8 Å². The van der Waals surface area contributed by atoms with Gasteiger partial charge in [0.25, 0.3) is 10.0 Å². The van der Waals surface area contributed by atoms with Crippen molar-refractivity contribution in [1.29, 1.82) is 0 Å². The standard InChI is InChI=1S/C20H24F3N3O5S/c1-4-30-16-11-13(25-19(27)18(24)12(2)3)8-9-17(16)32(28,29)26-14-6-5-7-15(10-14)31-20(21,22)23/h5-12,18,26H,4,24H2,1-3H3,(H,25,27)/t18-/m0/s1. The van der Waals surface area contributed by atoms with Crippen LogP contribution in [0, 0.1) is 5.92 Å². The topological polar surface area (TPSA) is 120 Å². The Balaban J connectivity index is 2.31. The van der Waals surface area contributed by atoms with Crippen molar-refractivity contribution >= 4 is 27.3 Å². The van der Waals surface area contributed by atoms with E-state index in [9.17, 15) is 26.4 Å². The predicted octanol–water partition coefficient (Wildman–Crippen LogP) is 3.71. The van der Waals surface area contributed by atoms with Gasteiger partial charge in [-0.3, -0.25) is 9.52 Å². The molecule has 8 nitrogen and oxygen atoms in total. The first-order valence-corrected chi connectivity index (χ1v) is 11.0. The van der Waals surface area contributed by atoms with Gasteiger partial charge in [-0.2, -0.15) is 0 Å². The largest absolute Gasteiger partial charge is 0.573 e. The number of hydrogen-bond donors (Lipinski definition) is 3. The Hall–Kier alpha value is -2.99. The highest BCUT2D eigenvalue weighted by Gasteiger charge is 2.31. The Morgan fingerprint density at radius 2 is 1.81 bits per heavy atom. The van der Waals surface area contributed by atoms with Crippen LogP contribution >= 0.6 is 0 Å². The number of nitrogens with one attached hydrogen (secondary N) is 2. The van der Waals surface area contributed by atoms with Crippen molar-refractivity contribution in [2.75, 3.05) is 16.6 Å². The first-order chi connectivity index (χ1) is 14.8. The Morgan fingerprint density at radius 1 is 1.12 bits per heavy atom. The molecule has 0 saturated carbocycles. The molecule has 0 aliphatic heterocycles. The summed E-state index contributed by atoms with van der Waals surface area (Å²) in [6.45, 7) is 5.33. The smallest absolute Gasteiger partial charge is 0.492 e. The van der Waals surface area contributed by atoms with Crippen LogP contribution in [0.15, 0.2) is 47.4 Å². The lowest BCUT2D eigenvalue weighted by Crippen LogP contribution is -2.39. The number of amides is 1. The van der Waals surface area contributed by atoms with Gasteiger partial charge < -0.3 is 20.5 Å². The van der Waals surface area contributed by atoms with Gasteiger partial charge in [-0.1, -0.05) is 19.9 Å². The number of nitrogens with two attached hydrogens (primary N) is 1. The minimum Gasteiger partial charge on any atom is -0.492 e. The van der Waals surface area contributed by atoms with Crippen LogP contribution < -0.4 is 25.2 Å². The predicted molar refractivity (Wildman–Crippen MR) is 113 cm³/mol. The molecule has 0 heterocycles. The number of carbonyl (C=O) groups excluding carboxylic acids is 1. The molecule has 2 aromatic rings. The molecule has 0 bridgehead atoms. The van der Waals surface area contributed by atoms with E-state index in [1.807, 2.05) is 0 Å². The van der Waals surface area contributed by atoms with Crippen LogP contribution in [0.5, 0.6) is 11.5 Å². The number of benzene rings is 2. The molecule has 0 aromatic heterocycles. The molecule has 0 saturated heterocycles. The number of rotatable bonds is 9. The van der Waals surface area contributed by atoms with Gasteiger partial charge in [-0.25, -0.2) is 8.42 Å². The van der Waals surface area contributed by atoms with E-state index < -0.39 is 34.1 Å². The molecule has 1 amide bonds. The second-order valence-electron chi connectivity index (χ2n) is 7.03. The summed E-state index contributed by atoms with van der Waals surface area (Å²) in [4.78, 5) is 11.9. The number of anilines is 2. The fourth-order valence-corrected chi connectivity index (χ4v) is 3.75. The zero-order valence-corrected chi connectivity index (χ0v) is 18.4. The Bertz CT molecular complexity index is 1060. The molecular formula is C20H24F3N3O5S. The molecule has 0 aliphatic carbocycles. The maximum absolute atomic E-state index is 12.9. The molecule has 0 radical (unpaired) electrons. The van der Waals surface area contributed by atoms with Gasteiger partial charge in [0.05, 0.1) is 18.3 Å². The van der Waals surface area contributed by atoms with Crippen molar-refractivity contribution in [3.8, 4) is 11.5 Å². The van der Waals surface area contributed by atoms with E-state index >= 15 is 0 Å². The lowest BCUT2D eigenvalue weighted by Gasteiger charge is -2.17. The van der Waals surface area contributed by atoms with Crippen molar-refractivity contribution in [1.82, 2.24) is 0 Å². The van der Waals surface area contributed by atoms with Crippen molar-refractivity contribution < 1.29 is 35.9 Å². The molecule has 0 unspecified atom stereocenters. The monoisotopic (exact) mass is 475 g/mol. The summed E-state index contributed by atoms with van der Waals surface area (Å²) >= 11 is 0. The fourth-order valence-electron chi connectivity index (χ4n) is 2.57. The number of hydrogen-bond acceptors (Lipinski definition) is 6. The Labute approximate surface area is 183 Å². The summed E-state index contributed by atoms with van der Waals surface area (Å²) in [6, 6.07) is 7.53. The normalized spacial score (nSPS) is 12.9. The quantitative estimate of drug-likeness (QED) is 0.509. The van der Waals surface area contributed by atoms with Gasteiger partial charge in [-0.05, 0) is 37.1 Å². The Morgan fingerprint density at radius 3 is 2.41 bits per heavy atom. The van der Waals surface area contributed by atoms with Crippen LogP contribution in [0.1, 0.15) is 20.8 Å². The van der Waals surface area contributed by atoms with E-state index in [-0.39, 0.29) is 34.5 Å².